The van der Waals surface area contributed by atoms with Crippen molar-refractivity contribution in [2.24, 2.45) is 0 Å². The van der Waals surface area contributed by atoms with Crippen LogP contribution < -0.4 is 0 Å². The van der Waals surface area contributed by atoms with Gasteiger partial charge in [0.05, 0.1) is 0 Å². The van der Waals surface area contributed by atoms with Crippen LogP contribution in [0.3, 0.4) is 0 Å². The first-order valence-corrected chi connectivity index (χ1v) is 12.2. The number of benzene rings is 1. The molecule has 1 aromatic heterocycles. The summed E-state index contributed by atoms with van der Waals surface area (Å²) in [6.07, 6.45) is 22.9. The van der Waals surface area contributed by atoms with Gasteiger partial charge in [-0.1, -0.05) is 83.8 Å². The topological polar surface area (TPSA) is 25.8 Å². The van der Waals surface area contributed by atoms with Gasteiger partial charge in [0.25, 0.3) is 0 Å². The molecule has 0 aliphatic carbocycles. The fraction of sp³-hybridized carbons (Fsp3) is 0.593. The minimum absolute atomic E-state index is 0.144. The van der Waals surface area contributed by atoms with Gasteiger partial charge in [0.15, 0.2) is 5.82 Å². The Morgan fingerprint density at radius 1 is 0.767 bits per heavy atom. The average Bonchev–Trinajstić information content (AvgIpc) is 2.77. The average molecular weight is 412 g/mol. The van der Waals surface area contributed by atoms with E-state index in [-0.39, 0.29) is 5.82 Å². The van der Waals surface area contributed by atoms with E-state index in [1.54, 1.807) is 6.07 Å². The Balaban J connectivity index is 1.74. The molecule has 1 radical (unpaired) electrons. The second kappa shape index (κ2) is 15.1. The highest BCUT2D eigenvalue weighted by atomic mass is 19.1. The molecule has 0 unspecified atom stereocenters. The van der Waals surface area contributed by atoms with E-state index in [0.29, 0.717) is 5.82 Å². The number of halogens is 1. The van der Waals surface area contributed by atoms with Gasteiger partial charge < -0.3 is 0 Å². The van der Waals surface area contributed by atoms with Crippen molar-refractivity contribution in [3.05, 3.63) is 54.0 Å². The second-order valence-electron chi connectivity index (χ2n) is 8.42. The maximum Gasteiger partial charge on any atom is 0.159 e. The maximum atomic E-state index is 14.5. The molecule has 0 atom stereocenters. The van der Waals surface area contributed by atoms with Gasteiger partial charge in [-0.05, 0) is 55.7 Å². The summed E-state index contributed by atoms with van der Waals surface area (Å²) in [5, 5.41) is 0. The normalized spacial score (nSPS) is 11.2. The monoisotopic (exact) mass is 411 g/mol. The number of aromatic nitrogens is 2. The van der Waals surface area contributed by atoms with Gasteiger partial charge in [0.1, 0.15) is 5.82 Å². The summed E-state index contributed by atoms with van der Waals surface area (Å²) in [5.74, 6) is 0.464. The molecular formula is C27H40FN2. The molecule has 165 valence electrons. The fourth-order valence-electron chi connectivity index (χ4n) is 3.77. The second-order valence-corrected chi connectivity index (χ2v) is 8.42. The number of aryl methyl sites for hydroxylation is 2. The molecule has 1 aromatic carbocycles. The van der Waals surface area contributed by atoms with Gasteiger partial charge >= 0.3 is 0 Å². The van der Waals surface area contributed by atoms with Crippen LogP contribution in [0.1, 0.15) is 102 Å². The highest BCUT2D eigenvalue weighted by molar-refractivity contribution is 5.55. The molecule has 3 heteroatoms. The van der Waals surface area contributed by atoms with E-state index in [0.717, 1.165) is 43.2 Å². The van der Waals surface area contributed by atoms with E-state index < -0.39 is 0 Å². The summed E-state index contributed by atoms with van der Waals surface area (Å²) < 4.78 is 14.5. The van der Waals surface area contributed by atoms with Crippen LogP contribution in [-0.2, 0) is 12.8 Å². The summed E-state index contributed by atoms with van der Waals surface area (Å²) in [6.45, 7) is 4.44. The lowest BCUT2D eigenvalue weighted by Gasteiger charge is -2.07. The van der Waals surface area contributed by atoms with Crippen molar-refractivity contribution < 1.29 is 4.39 Å². The summed E-state index contributed by atoms with van der Waals surface area (Å²) in [7, 11) is 0. The maximum absolute atomic E-state index is 14.5. The van der Waals surface area contributed by atoms with Crippen LogP contribution in [0.5, 0.6) is 0 Å². The predicted molar refractivity (Wildman–Crippen MR) is 126 cm³/mol. The minimum Gasteiger partial charge on any atom is -0.236 e. The zero-order valence-electron chi connectivity index (χ0n) is 19.1. The Morgan fingerprint density at radius 2 is 1.47 bits per heavy atom. The molecule has 0 saturated heterocycles. The standard InChI is InChI=1S/C27H40FN2/c1-3-5-7-9-10-11-13-14-16-23-21-29-27(30-22-23)25-19-18-24(26(28)20-25)17-15-12-8-6-4-2/h8,18-22H,3-7,9-17H2,1-2H3. The molecule has 1 heterocycles. The van der Waals surface area contributed by atoms with Crippen molar-refractivity contribution in [1.82, 2.24) is 9.97 Å². The Kier molecular flexibility index (Phi) is 12.3. The molecule has 0 aliphatic rings. The number of unbranched alkanes of at least 4 members (excludes halogenated alkanes) is 11. The molecule has 0 N–H and O–H groups in total. The van der Waals surface area contributed by atoms with Crippen molar-refractivity contribution in [2.75, 3.05) is 0 Å². The van der Waals surface area contributed by atoms with Crippen LogP contribution in [0.25, 0.3) is 11.4 Å². The first-order chi connectivity index (χ1) is 14.7. The van der Waals surface area contributed by atoms with Gasteiger partial charge in [-0.2, -0.15) is 0 Å². The lowest BCUT2D eigenvalue weighted by atomic mass is 10.0. The van der Waals surface area contributed by atoms with E-state index >= 15 is 0 Å². The lowest BCUT2D eigenvalue weighted by Crippen LogP contribution is -1.96. The van der Waals surface area contributed by atoms with Crippen LogP contribution in [0.15, 0.2) is 30.6 Å². The van der Waals surface area contributed by atoms with Gasteiger partial charge in [-0.25, -0.2) is 14.4 Å². The number of nitrogens with zero attached hydrogens (tertiary/aromatic N) is 2. The molecule has 0 bridgehead atoms. The molecule has 0 saturated carbocycles. The van der Waals surface area contributed by atoms with Crippen molar-refractivity contribution in [2.45, 2.75) is 104 Å². The smallest absolute Gasteiger partial charge is 0.159 e. The summed E-state index contributed by atoms with van der Waals surface area (Å²) in [6, 6.07) is 5.42. The zero-order chi connectivity index (χ0) is 21.4. The molecule has 0 spiro atoms. The molecule has 2 aromatic rings. The molecule has 0 amide bonds. The van der Waals surface area contributed by atoms with Crippen molar-refractivity contribution in [3.8, 4) is 11.4 Å². The molecule has 2 rings (SSSR count). The Hall–Kier alpha value is -1.77. The van der Waals surface area contributed by atoms with Gasteiger partial charge in [-0.15, -0.1) is 0 Å². The van der Waals surface area contributed by atoms with Crippen LogP contribution in [0.2, 0.25) is 0 Å². The highest BCUT2D eigenvalue weighted by Gasteiger charge is 2.07. The van der Waals surface area contributed by atoms with E-state index in [2.05, 4.69) is 30.2 Å². The van der Waals surface area contributed by atoms with Crippen LogP contribution in [0.4, 0.5) is 4.39 Å². The summed E-state index contributed by atoms with van der Waals surface area (Å²) in [5.41, 5.74) is 2.72. The predicted octanol–water partition coefficient (Wildman–Crippen LogP) is 8.29. The summed E-state index contributed by atoms with van der Waals surface area (Å²) >= 11 is 0. The number of hydrogen-bond donors (Lipinski definition) is 0. The first kappa shape index (κ1) is 24.5. The van der Waals surface area contributed by atoms with Crippen molar-refractivity contribution >= 4 is 0 Å². The number of hydrogen-bond acceptors (Lipinski definition) is 2. The quantitative estimate of drug-likeness (QED) is 0.260. The zero-order valence-corrected chi connectivity index (χ0v) is 19.1. The third-order valence-corrected chi connectivity index (χ3v) is 5.68. The van der Waals surface area contributed by atoms with Gasteiger partial charge in [0, 0.05) is 18.0 Å². The highest BCUT2D eigenvalue weighted by Crippen LogP contribution is 2.21. The summed E-state index contributed by atoms with van der Waals surface area (Å²) in [4.78, 5) is 8.96. The van der Waals surface area contributed by atoms with Crippen LogP contribution in [-0.4, -0.2) is 9.97 Å². The lowest BCUT2D eigenvalue weighted by molar-refractivity contribution is 0.575. The SMILES string of the molecule is CCC[CH]CCCc1ccc(-c2ncc(CCCCCCCCCC)cn2)cc1F. The number of rotatable bonds is 16. The van der Waals surface area contributed by atoms with Crippen molar-refractivity contribution in [1.29, 1.82) is 0 Å². The third-order valence-electron chi connectivity index (χ3n) is 5.68. The largest absolute Gasteiger partial charge is 0.236 e. The van der Waals surface area contributed by atoms with E-state index in [9.17, 15) is 4.39 Å². The van der Waals surface area contributed by atoms with Gasteiger partial charge in [0.2, 0.25) is 0 Å². The molecule has 30 heavy (non-hydrogen) atoms. The van der Waals surface area contributed by atoms with Crippen LogP contribution >= 0.6 is 0 Å². The molecular weight excluding hydrogens is 371 g/mol. The molecule has 2 nitrogen and oxygen atoms in total. The Labute approximate surface area is 183 Å². The Bertz CT molecular complexity index is 697. The minimum atomic E-state index is -0.144. The Morgan fingerprint density at radius 3 is 2.13 bits per heavy atom. The van der Waals surface area contributed by atoms with Crippen LogP contribution in [0, 0.1) is 12.2 Å². The molecule has 0 fully saturated rings. The molecule has 0 aliphatic heterocycles. The van der Waals surface area contributed by atoms with E-state index in [4.69, 9.17) is 0 Å². The van der Waals surface area contributed by atoms with Crippen molar-refractivity contribution in [3.63, 3.8) is 0 Å². The van der Waals surface area contributed by atoms with E-state index in [1.165, 1.54) is 63.4 Å². The van der Waals surface area contributed by atoms with Gasteiger partial charge in [-0.3, -0.25) is 0 Å². The fourth-order valence-corrected chi connectivity index (χ4v) is 3.77. The van der Waals surface area contributed by atoms with E-state index in [1.807, 2.05) is 24.5 Å². The first-order valence-electron chi connectivity index (χ1n) is 12.2. The third kappa shape index (κ3) is 9.36.